The Bertz CT molecular complexity index is 1500. The van der Waals surface area contributed by atoms with Crippen LogP contribution in [-0.2, 0) is 9.47 Å². The molecule has 5 rings (SSSR count). The molecule has 10 nitrogen and oxygen atoms in total. The standard InChI is InChI=1S/C35H45N5O5/c1-34(2,3)44-32(42)39-27-10-7-9-26(27)38-31(41)25-18-14-23(15-19-25)22-12-16-24(17-13-22)28-21-36-30(37-28)29-11-8-20-40(29)33(43)45-35(4,5)6/h12-19,21,26-27,29H,7-11,20H2,1-6H3,(H,36,37)(H,38,41)(H,39,42)/t26-,27-,29+/m1/s1. The van der Waals surface area contributed by atoms with E-state index in [-0.39, 0.29) is 30.1 Å². The second-order valence-corrected chi connectivity index (χ2v) is 13.9. The maximum atomic E-state index is 13.0. The zero-order valence-corrected chi connectivity index (χ0v) is 27.1. The lowest BCUT2D eigenvalue weighted by molar-refractivity contribution is 0.0218. The molecule has 2 aromatic carbocycles. The molecule has 45 heavy (non-hydrogen) atoms. The summed E-state index contributed by atoms with van der Waals surface area (Å²) in [6.07, 6.45) is 5.36. The first-order valence-corrected chi connectivity index (χ1v) is 15.8. The van der Waals surface area contributed by atoms with E-state index in [2.05, 4.69) is 15.6 Å². The van der Waals surface area contributed by atoms with Crippen molar-refractivity contribution in [2.75, 3.05) is 6.54 Å². The average molecular weight is 616 g/mol. The molecule has 1 aromatic heterocycles. The fourth-order valence-corrected chi connectivity index (χ4v) is 5.91. The number of rotatable bonds is 6. The van der Waals surface area contributed by atoms with Crippen LogP contribution in [0.1, 0.15) is 95.9 Å². The van der Waals surface area contributed by atoms with Crippen molar-refractivity contribution in [1.82, 2.24) is 25.5 Å². The topological polar surface area (TPSA) is 126 Å². The van der Waals surface area contributed by atoms with Crippen LogP contribution < -0.4 is 10.6 Å². The number of alkyl carbamates (subject to hydrolysis) is 1. The first-order valence-electron chi connectivity index (χ1n) is 15.8. The summed E-state index contributed by atoms with van der Waals surface area (Å²) in [5, 5.41) is 6.01. The molecule has 0 spiro atoms. The van der Waals surface area contributed by atoms with Gasteiger partial charge >= 0.3 is 12.2 Å². The quantitative estimate of drug-likeness (QED) is 0.274. The second-order valence-electron chi connectivity index (χ2n) is 13.9. The molecule has 1 aliphatic heterocycles. The molecular weight excluding hydrogens is 570 g/mol. The van der Waals surface area contributed by atoms with Gasteiger partial charge in [-0.3, -0.25) is 9.69 Å². The SMILES string of the molecule is CC(C)(C)OC(=O)N[C@@H]1CCC[C@H]1NC(=O)c1ccc(-c2ccc(-c3c[nH]c([C@@H]4CCCN4C(=O)OC(C)(C)C)n3)cc2)cc1. The minimum atomic E-state index is -0.575. The lowest BCUT2D eigenvalue weighted by Gasteiger charge is -2.27. The van der Waals surface area contributed by atoms with Gasteiger partial charge in [-0.25, -0.2) is 14.6 Å². The Morgan fingerprint density at radius 3 is 1.98 bits per heavy atom. The Balaban J connectivity index is 1.19. The van der Waals surface area contributed by atoms with Crippen LogP contribution >= 0.6 is 0 Å². The van der Waals surface area contributed by atoms with Gasteiger partial charge in [-0.2, -0.15) is 0 Å². The minimum Gasteiger partial charge on any atom is -0.444 e. The molecule has 0 radical (unpaired) electrons. The van der Waals surface area contributed by atoms with E-state index in [1.165, 1.54) is 0 Å². The number of hydrogen-bond acceptors (Lipinski definition) is 6. The molecule has 240 valence electrons. The van der Waals surface area contributed by atoms with Crippen LogP contribution in [0.5, 0.6) is 0 Å². The zero-order chi connectivity index (χ0) is 32.4. The van der Waals surface area contributed by atoms with Crippen LogP contribution in [0.25, 0.3) is 22.4 Å². The highest BCUT2D eigenvalue weighted by Gasteiger charge is 2.35. The van der Waals surface area contributed by atoms with Gasteiger partial charge in [-0.1, -0.05) is 36.4 Å². The van der Waals surface area contributed by atoms with Crippen molar-refractivity contribution in [1.29, 1.82) is 0 Å². The lowest BCUT2D eigenvalue weighted by Crippen LogP contribution is -2.49. The van der Waals surface area contributed by atoms with Crippen molar-refractivity contribution < 1.29 is 23.9 Å². The van der Waals surface area contributed by atoms with Gasteiger partial charge in [0.05, 0.1) is 17.8 Å². The number of carbonyl (C=O) groups excluding carboxylic acids is 3. The van der Waals surface area contributed by atoms with Gasteiger partial charge in [0.1, 0.15) is 17.0 Å². The fraction of sp³-hybridized carbons (Fsp3) is 0.486. The molecule has 3 N–H and O–H groups in total. The van der Waals surface area contributed by atoms with Crippen molar-refractivity contribution in [2.24, 2.45) is 0 Å². The summed E-state index contributed by atoms with van der Waals surface area (Å²) in [4.78, 5) is 47.9. The Morgan fingerprint density at radius 2 is 1.36 bits per heavy atom. The summed E-state index contributed by atoms with van der Waals surface area (Å²) < 4.78 is 11.0. The Labute approximate surface area is 265 Å². The van der Waals surface area contributed by atoms with Crippen LogP contribution in [0.3, 0.4) is 0 Å². The van der Waals surface area contributed by atoms with E-state index in [0.717, 1.165) is 60.3 Å². The monoisotopic (exact) mass is 615 g/mol. The Hall–Kier alpha value is -4.34. The Morgan fingerprint density at radius 1 is 0.778 bits per heavy atom. The van der Waals surface area contributed by atoms with Gasteiger partial charge in [-0.05, 0) is 96.9 Å². The van der Waals surface area contributed by atoms with Gasteiger partial charge in [0.25, 0.3) is 5.91 Å². The third-order valence-electron chi connectivity index (χ3n) is 7.99. The van der Waals surface area contributed by atoms with Gasteiger partial charge in [0.2, 0.25) is 0 Å². The van der Waals surface area contributed by atoms with E-state index in [1.54, 1.807) is 4.90 Å². The number of H-pyrrole nitrogens is 1. The number of amides is 3. The summed E-state index contributed by atoms with van der Waals surface area (Å²) in [6.45, 7) is 11.7. The molecule has 1 saturated heterocycles. The normalized spacial score (nSPS) is 20.1. The summed E-state index contributed by atoms with van der Waals surface area (Å²) in [7, 11) is 0. The van der Waals surface area contributed by atoms with Gasteiger partial charge in [0, 0.05) is 29.9 Å². The average Bonchev–Trinajstić information content (AvgIpc) is 3.73. The number of hydrogen-bond donors (Lipinski definition) is 3. The van der Waals surface area contributed by atoms with Crippen LogP contribution in [0.2, 0.25) is 0 Å². The molecule has 10 heteroatoms. The van der Waals surface area contributed by atoms with Gasteiger partial charge < -0.3 is 25.1 Å². The highest BCUT2D eigenvalue weighted by Crippen LogP contribution is 2.33. The molecule has 1 saturated carbocycles. The lowest BCUT2D eigenvalue weighted by atomic mass is 10.0. The molecule has 2 aliphatic rings. The van der Waals surface area contributed by atoms with Crippen molar-refractivity contribution >= 4 is 18.1 Å². The fourth-order valence-electron chi connectivity index (χ4n) is 5.91. The smallest absolute Gasteiger partial charge is 0.410 e. The van der Waals surface area contributed by atoms with Gasteiger partial charge in [-0.15, -0.1) is 0 Å². The summed E-state index contributed by atoms with van der Waals surface area (Å²) >= 11 is 0. The van der Waals surface area contributed by atoms with Crippen LogP contribution in [0, 0.1) is 0 Å². The predicted octanol–water partition coefficient (Wildman–Crippen LogP) is 6.99. The molecule has 3 aromatic rings. The molecule has 2 heterocycles. The van der Waals surface area contributed by atoms with E-state index < -0.39 is 17.3 Å². The van der Waals surface area contributed by atoms with E-state index in [4.69, 9.17) is 14.5 Å². The van der Waals surface area contributed by atoms with Crippen LogP contribution in [-0.4, -0.2) is 62.8 Å². The number of aromatic nitrogens is 2. The van der Waals surface area contributed by atoms with Crippen LogP contribution in [0.15, 0.2) is 54.7 Å². The number of nitrogens with one attached hydrogen (secondary N) is 3. The summed E-state index contributed by atoms with van der Waals surface area (Å²) in [5.74, 6) is 0.595. The number of imidazole rings is 1. The first-order chi connectivity index (χ1) is 21.3. The third-order valence-corrected chi connectivity index (χ3v) is 7.99. The van der Waals surface area contributed by atoms with Crippen molar-refractivity contribution in [3.63, 3.8) is 0 Å². The number of likely N-dealkylation sites (tertiary alicyclic amines) is 1. The molecular formula is C35H45N5O5. The molecule has 3 amide bonds. The van der Waals surface area contributed by atoms with E-state index in [9.17, 15) is 14.4 Å². The highest BCUT2D eigenvalue weighted by molar-refractivity contribution is 5.95. The Kier molecular flexibility index (Phi) is 9.23. The van der Waals surface area contributed by atoms with Crippen molar-refractivity contribution in [2.45, 2.75) is 103 Å². The summed E-state index contributed by atoms with van der Waals surface area (Å²) in [6, 6.07) is 15.2. The van der Waals surface area contributed by atoms with Crippen molar-refractivity contribution in [3.8, 4) is 22.4 Å². The predicted molar refractivity (Wildman–Crippen MR) is 173 cm³/mol. The molecule has 2 fully saturated rings. The number of aromatic amines is 1. The minimum absolute atomic E-state index is 0.135. The largest absolute Gasteiger partial charge is 0.444 e. The molecule has 3 atom stereocenters. The van der Waals surface area contributed by atoms with Gasteiger partial charge in [0.15, 0.2) is 0 Å². The van der Waals surface area contributed by atoms with E-state index >= 15 is 0 Å². The maximum Gasteiger partial charge on any atom is 0.410 e. The summed E-state index contributed by atoms with van der Waals surface area (Å²) in [5.41, 5.74) is 3.23. The van der Waals surface area contributed by atoms with Crippen molar-refractivity contribution in [3.05, 3.63) is 66.1 Å². The molecule has 0 unspecified atom stereocenters. The number of benzene rings is 2. The van der Waals surface area contributed by atoms with E-state index in [1.807, 2.05) is 96.3 Å². The molecule has 1 aliphatic carbocycles. The highest BCUT2D eigenvalue weighted by atomic mass is 16.6. The zero-order valence-electron chi connectivity index (χ0n) is 27.1. The van der Waals surface area contributed by atoms with Crippen LogP contribution in [0.4, 0.5) is 9.59 Å². The molecule has 0 bridgehead atoms. The number of ether oxygens (including phenoxy) is 2. The second kappa shape index (κ2) is 12.9. The third kappa shape index (κ3) is 8.23. The first kappa shape index (κ1) is 32.1. The number of nitrogens with zero attached hydrogens (tertiary/aromatic N) is 2. The number of carbonyl (C=O) groups is 3. The van der Waals surface area contributed by atoms with E-state index in [0.29, 0.717) is 12.1 Å². The maximum absolute atomic E-state index is 13.0.